The summed E-state index contributed by atoms with van der Waals surface area (Å²) in [7, 11) is -4.02. The summed E-state index contributed by atoms with van der Waals surface area (Å²) in [5.74, 6) is 0. The Kier molecular flexibility index (Phi) is 15.5. The van der Waals surface area contributed by atoms with Crippen LogP contribution in [0.3, 0.4) is 0 Å². The van der Waals surface area contributed by atoms with Crippen molar-refractivity contribution in [2.75, 3.05) is 13.1 Å². The molecule has 0 heterocycles. The fourth-order valence-electron chi connectivity index (χ4n) is 4.14. The molecule has 0 aromatic carbocycles. The van der Waals surface area contributed by atoms with E-state index in [4.69, 9.17) is 13.6 Å². The van der Waals surface area contributed by atoms with Crippen molar-refractivity contribution in [2.24, 2.45) is 0 Å². The topological polar surface area (TPSA) is 172 Å². The number of hydrogen-bond donors (Lipinski definition) is 2. The van der Waals surface area contributed by atoms with Gasteiger partial charge in [-0.05, 0) is 65.0 Å². The highest BCUT2D eigenvalue weighted by atomic mass is 28.4. The summed E-state index contributed by atoms with van der Waals surface area (Å²) in [6.45, 7) is 15.7. The van der Waals surface area contributed by atoms with E-state index in [2.05, 4.69) is 36.8 Å². The zero-order valence-electron chi connectivity index (χ0n) is 23.5. The van der Waals surface area contributed by atoms with Crippen LogP contribution in [-0.2, 0) is 13.6 Å². The molecule has 0 radical (unpaired) electrons. The molecule has 0 aliphatic carbocycles. The number of carbonyl (C=O) groups excluding carboxylic acids is 2. The highest BCUT2D eigenvalue weighted by Crippen LogP contribution is 2.23. The molecule has 13 nitrogen and oxygen atoms in total. The first kappa shape index (κ1) is 34.7. The van der Waals surface area contributed by atoms with Crippen LogP contribution in [0.2, 0.25) is 38.3 Å². The zero-order chi connectivity index (χ0) is 28.8. The van der Waals surface area contributed by atoms with Gasteiger partial charge in [-0.15, -0.1) is 0 Å². The first-order valence-electron chi connectivity index (χ1n) is 12.9. The third-order valence-electron chi connectivity index (χ3n) is 6.05. The Morgan fingerprint density at radius 1 is 0.757 bits per heavy atom. The van der Waals surface area contributed by atoms with E-state index >= 15 is 0 Å². The number of nitrogens with zero attached hydrogens (tertiary/aromatic N) is 2. The summed E-state index contributed by atoms with van der Waals surface area (Å²) < 4.78 is 16.8. The normalized spacial score (nSPS) is 15.1. The number of hydrogen-bond acceptors (Lipinski definition) is 9. The van der Waals surface area contributed by atoms with Gasteiger partial charge in [-0.1, -0.05) is 13.8 Å². The van der Waals surface area contributed by atoms with E-state index in [1.165, 1.54) is 13.8 Å². The molecule has 0 aliphatic heterocycles. The first-order valence-corrected chi connectivity index (χ1v) is 19.1. The Labute approximate surface area is 221 Å². The third kappa shape index (κ3) is 14.9. The molecule has 4 unspecified atom stereocenters. The van der Waals surface area contributed by atoms with Crippen molar-refractivity contribution in [3.05, 3.63) is 20.2 Å². The van der Waals surface area contributed by atoms with Gasteiger partial charge in [0.05, 0.1) is 0 Å². The first-order chi connectivity index (χ1) is 17.0. The number of alkyl carbamates (subject to hydrolysis) is 2. The molecule has 0 aliphatic rings. The number of nitro groups is 2. The molecule has 2 N–H and O–H groups in total. The lowest BCUT2D eigenvalue weighted by atomic mass is 10.1. The summed E-state index contributed by atoms with van der Waals surface area (Å²) in [4.78, 5) is 45.0. The van der Waals surface area contributed by atoms with Gasteiger partial charge < -0.3 is 24.2 Å². The van der Waals surface area contributed by atoms with Crippen LogP contribution in [0.5, 0.6) is 0 Å². The molecule has 0 rings (SSSR count). The van der Waals surface area contributed by atoms with E-state index in [9.17, 15) is 29.8 Å². The maximum Gasteiger partial charge on any atom is 0.407 e. The van der Waals surface area contributed by atoms with Gasteiger partial charge in [0.1, 0.15) is 0 Å². The van der Waals surface area contributed by atoms with E-state index in [1.807, 2.05) is 0 Å². The molecule has 0 aromatic rings. The van der Waals surface area contributed by atoms with Gasteiger partial charge in [-0.2, -0.15) is 0 Å². The van der Waals surface area contributed by atoms with Gasteiger partial charge in [-0.25, -0.2) is 9.59 Å². The molecule has 0 fully saturated rings. The number of rotatable bonds is 18. The summed E-state index contributed by atoms with van der Waals surface area (Å²) in [6.07, 6.45) is -0.979. The second-order valence-corrected chi connectivity index (χ2v) is 19.3. The summed E-state index contributed by atoms with van der Waals surface area (Å²) in [6, 6.07) is -0.208. The number of amides is 2. The Balaban J connectivity index is 4.33. The number of carbonyl (C=O) groups is 2. The van der Waals surface area contributed by atoms with Crippen LogP contribution < -0.4 is 10.6 Å². The molecule has 4 atom stereocenters. The van der Waals surface area contributed by atoms with Crippen LogP contribution in [0.1, 0.15) is 53.4 Å². The van der Waals surface area contributed by atoms with E-state index in [0.717, 1.165) is 12.1 Å². The Bertz CT molecular complexity index is 696. The maximum atomic E-state index is 11.9. The van der Waals surface area contributed by atoms with Crippen LogP contribution in [0.4, 0.5) is 9.59 Å². The van der Waals surface area contributed by atoms with Gasteiger partial charge >= 0.3 is 12.2 Å². The molecule has 0 saturated carbocycles. The molecule has 0 spiro atoms. The second kappa shape index (κ2) is 16.5. The highest BCUT2D eigenvalue weighted by Gasteiger charge is 2.33. The lowest BCUT2D eigenvalue weighted by molar-refractivity contribution is -0.533. The van der Waals surface area contributed by atoms with Gasteiger partial charge in [0, 0.05) is 35.8 Å². The molecular weight excluding hydrogens is 520 g/mol. The van der Waals surface area contributed by atoms with Crippen LogP contribution in [0, 0.1) is 20.2 Å². The average molecular weight is 567 g/mol. The monoisotopic (exact) mass is 566 g/mol. The molecule has 0 saturated heterocycles. The van der Waals surface area contributed by atoms with Crippen LogP contribution >= 0.6 is 0 Å². The third-order valence-corrected chi connectivity index (χ3v) is 13.6. The summed E-state index contributed by atoms with van der Waals surface area (Å²) in [5.41, 5.74) is 0. The van der Waals surface area contributed by atoms with Gasteiger partial charge in [0.25, 0.3) is 0 Å². The second-order valence-electron chi connectivity index (χ2n) is 10.4. The fraction of sp³-hybridized carbons (Fsp3) is 0.909. The smallest absolute Gasteiger partial charge is 0.407 e. The Morgan fingerprint density at radius 2 is 1.08 bits per heavy atom. The van der Waals surface area contributed by atoms with E-state index in [1.54, 1.807) is 13.8 Å². The highest BCUT2D eigenvalue weighted by molar-refractivity contribution is 6.84. The van der Waals surface area contributed by atoms with E-state index < -0.39 is 63.0 Å². The molecule has 0 bridgehead atoms. The summed E-state index contributed by atoms with van der Waals surface area (Å²) in [5, 5.41) is 27.3. The lowest BCUT2D eigenvalue weighted by Gasteiger charge is -2.34. The van der Waals surface area contributed by atoms with Crippen molar-refractivity contribution < 1.29 is 33.0 Å². The predicted molar refractivity (Wildman–Crippen MR) is 145 cm³/mol. The summed E-state index contributed by atoms with van der Waals surface area (Å²) >= 11 is 0. The minimum atomic E-state index is -2.01. The van der Waals surface area contributed by atoms with Crippen molar-refractivity contribution >= 4 is 28.8 Å². The van der Waals surface area contributed by atoms with Crippen LogP contribution in [0.15, 0.2) is 0 Å². The molecule has 37 heavy (non-hydrogen) atoms. The minimum absolute atomic E-state index is 0.279. The lowest BCUT2D eigenvalue weighted by Crippen LogP contribution is -2.45. The van der Waals surface area contributed by atoms with Gasteiger partial charge in [-0.3, -0.25) is 20.2 Å². The van der Waals surface area contributed by atoms with E-state index in [0.29, 0.717) is 25.9 Å². The quantitative estimate of drug-likeness (QED) is 0.105. The van der Waals surface area contributed by atoms with Gasteiger partial charge in [0.15, 0.2) is 28.8 Å². The van der Waals surface area contributed by atoms with Gasteiger partial charge in [0.2, 0.25) is 12.1 Å². The van der Waals surface area contributed by atoms with Crippen LogP contribution in [0.25, 0.3) is 0 Å². The molecular formula is C22H46N4O9Si2. The molecule has 2 amide bonds. The van der Waals surface area contributed by atoms with Crippen molar-refractivity contribution in [1.82, 2.24) is 10.6 Å². The van der Waals surface area contributed by atoms with Crippen molar-refractivity contribution in [1.29, 1.82) is 0 Å². The van der Waals surface area contributed by atoms with Crippen LogP contribution in [-0.4, -0.2) is 76.0 Å². The fourth-order valence-corrected chi connectivity index (χ4v) is 13.0. The molecule has 216 valence electrons. The largest absolute Gasteiger partial charge is 0.455 e. The SMILES string of the molecule is CCC(C(C)OC(=O)NCCC[Si](C)(C)O[Si](C)(C)CCCNC(=O)OC(C)C(CC)[N+](=O)[O-])[N+](=O)[O-]. The Morgan fingerprint density at radius 3 is 1.35 bits per heavy atom. The maximum absolute atomic E-state index is 11.9. The number of nitrogens with one attached hydrogen (secondary N) is 2. The molecule has 0 aromatic heterocycles. The predicted octanol–water partition coefficient (Wildman–Crippen LogP) is 4.53. The standard InChI is InChI=1S/C22H46N4O9Si2/c1-9-19(25(29)30)17(3)33-21(27)23-13-11-15-36(5,6)35-37(7,8)16-12-14-24-22(28)34-18(4)20(10-2)26(31)32/h17-20H,9-16H2,1-8H3,(H,23,27)(H,24,28). The number of ether oxygens (including phenoxy) is 2. The van der Waals surface area contributed by atoms with Crippen molar-refractivity contribution in [3.8, 4) is 0 Å². The Hall–Kier alpha value is -2.27. The van der Waals surface area contributed by atoms with Crippen molar-refractivity contribution in [3.63, 3.8) is 0 Å². The average Bonchev–Trinajstić information content (AvgIpc) is 2.74. The zero-order valence-corrected chi connectivity index (χ0v) is 25.5. The van der Waals surface area contributed by atoms with Crippen molar-refractivity contribution in [2.45, 2.75) is 116 Å². The van der Waals surface area contributed by atoms with E-state index in [-0.39, 0.29) is 12.8 Å². The molecule has 15 heteroatoms. The minimum Gasteiger partial charge on any atom is -0.455 e.